The number of carbonyl (C=O) groups excluding carboxylic acids is 2. The van der Waals surface area contributed by atoms with Crippen molar-refractivity contribution in [3.05, 3.63) is 65.2 Å². The molecule has 0 spiro atoms. The SMILES string of the molecule is CCCNC(=O)[C@@H](C)N(Cc1ccccc1)C(=O)CCCN(c1ccc(C)c(C)c1)S(C)(=O)=O. The van der Waals surface area contributed by atoms with Gasteiger partial charge in [-0.3, -0.25) is 13.9 Å². The van der Waals surface area contributed by atoms with Crippen LogP contribution in [0.1, 0.15) is 49.8 Å². The minimum atomic E-state index is -3.51. The minimum Gasteiger partial charge on any atom is -0.354 e. The van der Waals surface area contributed by atoms with Gasteiger partial charge in [0.25, 0.3) is 0 Å². The summed E-state index contributed by atoms with van der Waals surface area (Å²) in [6.45, 7) is 8.66. The fourth-order valence-corrected chi connectivity index (χ4v) is 4.60. The molecule has 1 atom stereocenters. The van der Waals surface area contributed by atoms with Crippen molar-refractivity contribution in [2.45, 2.75) is 59.5 Å². The number of hydrogen-bond donors (Lipinski definition) is 1. The molecule has 0 aliphatic rings. The molecule has 8 heteroatoms. The molecule has 2 aromatic rings. The molecular formula is C26H37N3O4S. The van der Waals surface area contributed by atoms with Crippen LogP contribution in [0.25, 0.3) is 0 Å². The molecule has 186 valence electrons. The van der Waals surface area contributed by atoms with E-state index in [-0.39, 0.29) is 24.8 Å². The van der Waals surface area contributed by atoms with Crippen molar-refractivity contribution in [1.29, 1.82) is 0 Å². The van der Waals surface area contributed by atoms with Gasteiger partial charge in [0.1, 0.15) is 6.04 Å². The van der Waals surface area contributed by atoms with Crippen LogP contribution >= 0.6 is 0 Å². The van der Waals surface area contributed by atoms with Gasteiger partial charge in [0.15, 0.2) is 0 Å². The van der Waals surface area contributed by atoms with Crippen molar-refractivity contribution in [2.24, 2.45) is 0 Å². The molecule has 0 aromatic heterocycles. The second-order valence-electron chi connectivity index (χ2n) is 8.68. The Kier molecular flexibility index (Phi) is 10.1. The summed E-state index contributed by atoms with van der Waals surface area (Å²) in [7, 11) is -3.51. The molecule has 2 aromatic carbocycles. The quantitative estimate of drug-likeness (QED) is 0.493. The van der Waals surface area contributed by atoms with E-state index in [1.165, 1.54) is 10.6 Å². The number of benzene rings is 2. The van der Waals surface area contributed by atoms with Crippen LogP contribution in [0.15, 0.2) is 48.5 Å². The maximum Gasteiger partial charge on any atom is 0.242 e. The first-order chi connectivity index (χ1) is 16.0. The summed E-state index contributed by atoms with van der Waals surface area (Å²) in [4.78, 5) is 27.4. The zero-order valence-corrected chi connectivity index (χ0v) is 21.7. The number of nitrogens with one attached hydrogen (secondary N) is 1. The Labute approximate surface area is 204 Å². The Balaban J connectivity index is 2.14. The predicted molar refractivity (Wildman–Crippen MR) is 137 cm³/mol. The van der Waals surface area contributed by atoms with Crippen LogP contribution in [0.2, 0.25) is 0 Å². The normalized spacial score (nSPS) is 12.1. The van der Waals surface area contributed by atoms with E-state index in [0.717, 1.165) is 23.1 Å². The lowest BCUT2D eigenvalue weighted by Gasteiger charge is -2.29. The summed E-state index contributed by atoms with van der Waals surface area (Å²) in [5.41, 5.74) is 3.60. The smallest absolute Gasteiger partial charge is 0.242 e. The number of nitrogens with zero attached hydrogens (tertiary/aromatic N) is 2. The number of amides is 2. The van der Waals surface area contributed by atoms with Gasteiger partial charge in [0.2, 0.25) is 21.8 Å². The highest BCUT2D eigenvalue weighted by Gasteiger charge is 2.26. The molecule has 0 saturated heterocycles. The van der Waals surface area contributed by atoms with Crippen molar-refractivity contribution >= 4 is 27.5 Å². The van der Waals surface area contributed by atoms with Gasteiger partial charge >= 0.3 is 0 Å². The summed E-state index contributed by atoms with van der Waals surface area (Å²) in [5.74, 6) is -0.379. The average Bonchev–Trinajstić information content (AvgIpc) is 2.80. The molecule has 2 rings (SSSR count). The lowest BCUT2D eigenvalue weighted by atomic mass is 10.1. The summed E-state index contributed by atoms with van der Waals surface area (Å²) >= 11 is 0. The summed E-state index contributed by atoms with van der Waals surface area (Å²) in [5, 5.41) is 2.86. The second kappa shape index (κ2) is 12.6. The molecule has 0 unspecified atom stereocenters. The van der Waals surface area contributed by atoms with Gasteiger partial charge in [-0.05, 0) is 62.4 Å². The van der Waals surface area contributed by atoms with Crippen LogP contribution in [0.4, 0.5) is 5.69 Å². The van der Waals surface area contributed by atoms with Gasteiger partial charge in [-0.15, -0.1) is 0 Å². The van der Waals surface area contributed by atoms with Crippen LogP contribution in [-0.2, 0) is 26.2 Å². The zero-order valence-electron chi connectivity index (χ0n) is 20.9. The van der Waals surface area contributed by atoms with E-state index in [0.29, 0.717) is 25.2 Å². The number of aryl methyl sites for hydroxylation is 2. The summed E-state index contributed by atoms with van der Waals surface area (Å²) < 4.78 is 26.2. The van der Waals surface area contributed by atoms with E-state index < -0.39 is 16.1 Å². The van der Waals surface area contributed by atoms with Crippen molar-refractivity contribution in [1.82, 2.24) is 10.2 Å². The van der Waals surface area contributed by atoms with E-state index >= 15 is 0 Å². The first-order valence-electron chi connectivity index (χ1n) is 11.7. The van der Waals surface area contributed by atoms with Crippen LogP contribution in [0, 0.1) is 13.8 Å². The molecule has 0 fully saturated rings. The Hall–Kier alpha value is -2.87. The monoisotopic (exact) mass is 487 g/mol. The molecule has 0 aliphatic carbocycles. The molecule has 0 saturated carbocycles. The van der Waals surface area contributed by atoms with Crippen LogP contribution in [0.5, 0.6) is 0 Å². The van der Waals surface area contributed by atoms with Gasteiger partial charge < -0.3 is 10.2 Å². The second-order valence-corrected chi connectivity index (χ2v) is 10.6. The summed E-state index contributed by atoms with van der Waals surface area (Å²) in [6, 6.07) is 14.4. The van der Waals surface area contributed by atoms with E-state index in [4.69, 9.17) is 0 Å². The van der Waals surface area contributed by atoms with E-state index in [1.807, 2.05) is 63.2 Å². The molecule has 2 amide bonds. The topological polar surface area (TPSA) is 86.8 Å². The van der Waals surface area contributed by atoms with Crippen molar-refractivity contribution in [2.75, 3.05) is 23.7 Å². The highest BCUT2D eigenvalue weighted by atomic mass is 32.2. The number of hydrogen-bond acceptors (Lipinski definition) is 4. The molecule has 7 nitrogen and oxygen atoms in total. The minimum absolute atomic E-state index is 0.134. The van der Waals surface area contributed by atoms with Crippen LogP contribution in [-0.4, -0.2) is 50.5 Å². The third-order valence-electron chi connectivity index (χ3n) is 5.84. The predicted octanol–water partition coefficient (Wildman–Crippen LogP) is 3.79. The van der Waals surface area contributed by atoms with Crippen LogP contribution < -0.4 is 9.62 Å². The fourth-order valence-electron chi connectivity index (χ4n) is 3.64. The Bertz CT molecular complexity index is 1070. The Morgan fingerprint density at radius 1 is 1.03 bits per heavy atom. The first kappa shape index (κ1) is 27.4. The third kappa shape index (κ3) is 7.87. The maximum atomic E-state index is 13.2. The molecule has 1 N–H and O–H groups in total. The maximum absolute atomic E-state index is 13.2. The zero-order chi connectivity index (χ0) is 25.3. The molecule has 0 radical (unpaired) electrons. The molecule has 0 heterocycles. The number of carbonyl (C=O) groups is 2. The van der Waals surface area contributed by atoms with Gasteiger partial charge in [0.05, 0.1) is 11.9 Å². The van der Waals surface area contributed by atoms with Gasteiger partial charge in [-0.25, -0.2) is 8.42 Å². The third-order valence-corrected chi connectivity index (χ3v) is 7.04. The van der Waals surface area contributed by atoms with Crippen molar-refractivity contribution in [3.8, 4) is 0 Å². The number of rotatable bonds is 12. The fraction of sp³-hybridized carbons (Fsp3) is 0.462. The molecule has 0 aliphatic heterocycles. The summed E-state index contributed by atoms with van der Waals surface area (Å²) in [6.07, 6.45) is 2.46. The van der Waals surface area contributed by atoms with E-state index in [2.05, 4.69) is 5.32 Å². The lowest BCUT2D eigenvalue weighted by molar-refractivity contribution is -0.140. The Morgan fingerprint density at radius 3 is 2.29 bits per heavy atom. The van der Waals surface area contributed by atoms with Crippen LogP contribution in [0.3, 0.4) is 0 Å². The standard InChI is InChI=1S/C26H37N3O4S/c1-6-16-27-26(31)22(4)28(19-23-11-8-7-9-12-23)25(30)13-10-17-29(34(5,32)33)24-15-14-20(2)21(3)18-24/h7-9,11-12,14-15,18,22H,6,10,13,16-17,19H2,1-5H3,(H,27,31)/t22-/m1/s1. The lowest BCUT2D eigenvalue weighted by Crippen LogP contribution is -2.47. The van der Waals surface area contributed by atoms with Crippen molar-refractivity contribution < 1.29 is 18.0 Å². The van der Waals surface area contributed by atoms with Crippen molar-refractivity contribution in [3.63, 3.8) is 0 Å². The van der Waals surface area contributed by atoms with E-state index in [1.54, 1.807) is 17.9 Å². The highest BCUT2D eigenvalue weighted by Crippen LogP contribution is 2.22. The molecule has 0 bridgehead atoms. The number of anilines is 1. The first-order valence-corrected chi connectivity index (χ1v) is 13.6. The van der Waals surface area contributed by atoms with E-state index in [9.17, 15) is 18.0 Å². The molecular weight excluding hydrogens is 450 g/mol. The molecule has 34 heavy (non-hydrogen) atoms. The van der Waals surface area contributed by atoms with Gasteiger partial charge in [0, 0.05) is 26.1 Å². The number of sulfonamides is 1. The van der Waals surface area contributed by atoms with Gasteiger partial charge in [-0.1, -0.05) is 43.3 Å². The largest absolute Gasteiger partial charge is 0.354 e. The van der Waals surface area contributed by atoms with Gasteiger partial charge in [-0.2, -0.15) is 0 Å². The highest BCUT2D eigenvalue weighted by molar-refractivity contribution is 7.92. The Morgan fingerprint density at radius 2 is 1.71 bits per heavy atom. The average molecular weight is 488 g/mol.